The van der Waals surface area contributed by atoms with Crippen LogP contribution in [0.2, 0.25) is 0 Å². The van der Waals surface area contributed by atoms with Gasteiger partial charge >= 0.3 is 0 Å². The summed E-state index contributed by atoms with van der Waals surface area (Å²) >= 11 is 0. The average molecular weight is 296 g/mol. The van der Waals surface area contributed by atoms with E-state index < -0.39 is 0 Å². The highest BCUT2D eigenvalue weighted by molar-refractivity contribution is 5.43. The number of rotatable bonds is 7. The molecule has 0 bridgehead atoms. The molecule has 118 valence electrons. The summed E-state index contributed by atoms with van der Waals surface area (Å²) in [6, 6.07) is 1.91. The van der Waals surface area contributed by atoms with Crippen LogP contribution in [0.25, 0.3) is 0 Å². The van der Waals surface area contributed by atoms with Crippen molar-refractivity contribution >= 4 is 5.69 Å². The van der Waals surface area contributed by atoms with Crippen LogP contribution in [0.3, 0.4) is 0 Å². The van der Waals surface area contributed by atoms with Crippen molar-refractivity contribution in [2.45, 2.75) is 19.5 Å². The van der Waals surface area contributed by atoms with Crippen molar-refractivity contribution < 1.29 is 9.47 Å². The van der Waals surface area contributed by atoms with E-state index in [1.807, 2.05) is 6.92 Å². The van der Waals surface area contributed by atoms with E-state index >= 15 is 0 Å². The number of nitrogens with zero attached hydrogens (tertiary/aromatic N) is 3. The number of aromatic nitrogens is 2. The Morgan fingerprint density at radius 2 is 2.24 bits per heavy atom. The van der Waals surface area contributed by atoms with Crippen molar-refractivity contribution in [3.63, 3.8) is 0 Å². The molecule has 1 fully saturated rings. The molecule has 1 aliphatic heterocycles. The minimum absolute atomic E-state index is 0.0693. The van der Waals surface area contributed by atoms with Gasteiger partial charge in [-0.15, -0.1) is 0 Å². The molecule has 1 aromatic heterocycles. The van der Waals surface area contributed by atoms with Crippen molar-refractivity contribution in [3.8, 4) is 0 Å². The second-order valence-electron chi connectivity index (χ2n) is 5.19. The molecule has 1 unspecified atom stereocenters. The third-order valence-corrected chi connectivity index (χ3v) is 3.46. The number of ether oxygens (including phenoxy) is 2. The Bertz CT molecular complexity index is 485. The Balaban J connectivity index is 1.88. The van der Waals surface area contributed by atoms with E-state index in [4.69, 9.17) is 9.47 Å². The lowest BCUT2D eigenvalue weighted by atomic mass is 10.3. The number of hydrogen-bond acceptors (Lipinski definition) is 6. The van der Waals surface area contributed by atoms with Crippen molar-refractivity contribution in [2.24, 2.45) is 0 Å². The second-order valence-corrected chi connectivity index (χ2v) is 5.19. The molecule has 1 saturated heterocycles. The summed E-state index contributed by atoms with van der Waals surface area (Å²) in [4.78, 5) is 14.2. The smallest absolute Gasteiger partial charge is 0.268 e. The third kappa shape index (κ3) is 4.80. The number of nitrogens with one attached hydrogen (secondary N) is 1. The van der Waals surface area contributed by atoms with E-state index in [0.717, 1.165) is 18.8 Å². The van der Waals surface area contributed by atoms with E-state index in [0.29, 0.717) is 32.9 Å². The first-order valence-corrected chi connectivity index (χ1v) is 7.33. The van der Waals surface area contributed by atoms with Crippen LogP contribution >= 0.6 is 0 Å². The van der Waals surface area contributed by atoms with Crippen molar-refractivity contribution in [2.75, 3.05) is 51.5 Å². The average Bonchev–Trinajstić information content (AvgIpc) is 2.50. The molecular weight excluding hydrogens is 272 g/mol. The van der Waals surface area contributed by atoms with Crippen molar-refractivity contribution in [1.29, 1.82) is 0 Å². The second kappa shape index (κ2) is 8.11. The van der Waals surface area contributed by atoms with Gasteiger partial charge in [0.15, 0.2) is 0 Å². The number of morpholine rings is 1. The topological polar surface area (TPSA) is 68.6 Å². The summed E-state index contributed by atoms with van der Waals surface area (Å²) in [6.45, 7) is 6.95. The Morgan fingerprint density at radius 3 is 2.90 bits per heavy atom. The Hall–Kier alpha value is -1.44. The lowest BCUT2D eigenvalue weighted by Gasteiger charge is -2.28. The molecular formula is C14H24N4O3. The highest BCUT2D eigenvalue weighted by Crippen LogP contribution is 2.11. The molecule has 0 aliphatic carbocycles. The van der Waals surface area contributed by atoms with Gasteiger partial charge in [-0.1, -0.05) is 0 Å². The molecule has 21 heavy (non-hydrogen) atoms. The first kappa shape index (κ1) is 15.9. The van der Waals surface area contributed by atoms with E-state index in [1.165, 1.54) is 4.68 Å². The summed E-state index contributed by atoms with van der Waals surface area (Å²) < 4.78 is 11.8. The molecule has 7 heteroatoms. The van der Waals surface area contributed by atoms with Crippen LogP contribution in [-0.2, 0) is 16.0 Å². The lowest BCUT2D eigenvalue weighted by molar-refractivity contribution is 0.122. The molecule has 0 spiro atoms. The van der Waals surface area contributed by atoms with Gasteiger partial charge in [0.1, 0.15) is 0 Å². The third-order valence-electron chi connectivity index (χ3n) is 3.46. The first-order valence-electron chi connectivity index (χ1n) is 7.33. The van der Waals surface area contributed by atoms with E-state index in [9.17, 15) is 4.79 Å². The summed E-state index contributed by atoms with van der Waals surface area (Å²) in [5, 5.41) is 7.53. The van der Waals surface area contributed by atoms with Gasteiger partial charge in [0.25, 0.3) is 5.56 Å². The number of methoxy groups -OCH3 is 1. The molecule has 1 aliphatic rings. The quantitative estimate of drug-likeness (QED) is 0.745. The Morgan fingerprint density at radius 1 is 1.48 bits per heavy atom. The Kier molecular flexibility index (Phi) is 6.16. The molecule has 0 aromatic carbocycles. The maximum Gasteiger partial charge on any atom is 0.268 e. The van der Waals surface area contributed by atoms with Gasteiger partial charge < -0.3 is 19.7 Å². The van der Waals surface area contributed by atoms with Crippen molar-refractivity contribution in [1.82, 2.24) is 15.1 Å². The van der Waals surface area contributed by atoms with E-state index in [1.54, 1.807) is 19.4 Å². The van der Waals surface area contributed by atoms with E-state index in [2.05, 4.69) is 15.3 Å². The summed E-state index contributed by atoms with van der Waals surface area (Å²) in [5.74, 6) is 0. The lowest BCUT2D eigenvalue weighted by Crippen LogP contribution is -2.38. The fourth-order valence-corrected chi connectivity index (χ4v) is 2.31. The van der Waals surface area contributed by atoms with Crippen LogP contribution in [0.15, 0.2) is 17.1 Å². The highest BCUT2D eigenvalue weighted by atomic mass is 16.5. The molecule has 2 heterocycles. The molecule has 7 nitrogen and oxygen atoms in total. The standard InChI is InChI=1S/C14H24N4O3/c1-12(11-20-2)15-3-4-18-14(19)9-13(10-16-18)17-5-7-21-8-6-17/h9-10,12,15H,3-8,11H2,1-2H3. The van der Waals surface area contributed by atoms with Gasteiger partial charge in [0.05, 0.1) is 38.2 Å². The van der Waals surface area contributed by atoms with Crippen LogP contribution in [-0.4, -0.2) is 62.4 Å². The summed E-state index contributed by atoms with van der Waals surface area (Å²) in [5.41, 5.74) is 0.806. The van der Waals surface area contributed by atoms with Crippen LogP contribution in [0.4, 0.5) is 5.69 Å². The predicted octanol–water partition coefficient (Wildman–Crippen LogP) is -0.296. The van der Waals surface area contributed by atoms with Crippen LogP contribution < -0.4 is 15.8 Å². The molecule has 0 saturated carbocycles. The van der Waals surface area contributed by atoms with Gasteiger partial charge in [-0.05, 0) is 6.92 Å². The highest BCUT2D eigenvalue weighted by Gasteiger charge is 2.12. The molecule has 1 N–H and O–H groups in total. The fourth-order valence-electron chi connectivity index (χ4n) is 2.31. The monoisotopic (exact) mass is 296 g/mol. The minimum Gasteiger partial charge on any atom is -0.383 e. The van der Waals surface area contributed by atoms with E-state index in [-0.39, 0.29) is 11.6 Å². The van der Waals surface area contributed by atoms with Crippen LogP contribution in [0.1, 0.15) is 6.92 Å². The van der Waals surface area contributed by atoms with Crippen LogP contribution in [0, 0.1) is 0 Å². The normalized spacial score (nSPS) is 17.0. The number of hydrogen-bond donors (Lipinski definition) is 1. The maximum atomic E-state index is 12.1. The van der Waals surface area contributed by atoms with Crippen molar-refractivity contribution in [3.05, 3.63) is 22.6 Å². The Labute approximate surface area is 124 Å². The summed E-state index contributed by atoms with van der Waals surface area (Å²) in [7, 11) is 1.68. The minimum atomic E-state index is -0.0693. The van der Waals surface area contributed by atoms with Gasteiger partial charge in [-0.2, -0.15) is 5.10 Å². The molecule has 0 amide bonds. The SMILES string of the molecule is COCC(C)NCCn1ncc(N2CCOCC2)cc1=O. The largest absolute Gasteiger partial charge is 0.383 e. The molecule has 2 rings (SSSR count). The molecule has 1 aromatic rings. The van der Waals surface area contributed by atoms with Crippen LogP contribution in [0.5, 0.6) is 0 Å². The van der Waals surface area contributed by atoms with Gasteiger partial charge in [0.2, 0.25) is 0 Å². The first-order chi connectivity index (χ1) is 10.2. The number of anilines is 1. The zero-order chi connectivity index (χ0) is 15.1. The maximum absolute atomic E-state index is 12.1. The summed E-state index contributed by atoms with van der Waals surface area (Å²) in [6.07, 6.45) is 1.76. The van der Waals surface area contributed by atoms with Gasteiger partial charge in [-0.3, -0.25) is 4.79 Å². The predicted molar refractivity (Wildman–Crippen MR) is 80.9 cm³/mol. The zero-order valence-corrected chi connectivity index (χ0v) is 12.7. The van der Waals surface area contributed by atoms with Gasteiger partial charge in [0, 0.05) is 38.9 Å². The van der Waals surface area contributed by atoms with Gasteiger partial charge in [-0.25, -0.2) is 4.68 Å². The molecule has 0 radical (unpaired) electrons. The molecule has 1 atom stereocenters. The zero-order valence-electron chi connectivity index (χ0n) is 12.7. The fraction of sp³-hybridized carbons (Fsp3) is 0.714.